The van der Waals surface area contributed by atoms with Crippen LogP contribution >= 0.6 is 11.3 Å². The van der Waals surface area contributed by atoms with E-state index in [4.69, 9.17) is 0 Å². The maximum Gasteiger partial charge on any atom is 0.0543 e. The summed E-state index contributed by atoms with van der Waals surface area (Å²) in [5.74, 6) is 0. The first-order valence-corrected chi connectivity index (χ1v) is 7.47. The van der Waals surface area contributed by atoms with Gasteiger partial charge in [-0.15, -0.1) is 11.3 Å². The number of rotatable bonds is 7. The molecule has 0 saturated carbocycles. The lowest BCUT2D eigenvalue weighted by Gasteiger charge is -2.09. The molecule has 0 spiro atoms. The fourth-order valence-electron chi connectivity index (χ4n) is 2.09. The first kappa shape index (κ1) is 13.3. The van der Waals surface area contributed by atoms with Crippen LogP contribution in [0.1, 0.15) is 29.7 Å². The highest BCUT2D eigenvalue weighted by atomic mass is 32.1. The van der Waals surface area contributed by atoms with Crippen molar-refractivity contribution in [2.75, 3.05) is 0 Å². The molecule has 0 bridgehead atoms. The van der Waals surface area contributed by atoms with Crippen molar-refractivity contribution in [2.45, 2.75) is 38.2 Å². The maximum absolute atomic E-state index is 9.93. The molecule has 1 N–H and O–H groups in total. The zero-order valence-electron chi connectivity index (χ0n) is 10.6. The Labute approximate surface area is 113 Å². The lowest BCUT2D eigenvalue weighted by atomic mass is 10.0. The van der Waals surface area contributed by atoms with Gasteiger partial charge in [-0.2, -0.15) is 0 Å². The van der Waals surface area contributed by atoms with Gasteiger partial charge in [-0.3, -0.25) is 0 Å². The molecule has 1 heterocycles. The van der Waals surface area contributed by atoms with E-state index < -0.39 is 0 Å². The van der Waals surface area contributed by atoms with Crippen molar-refractivity contribution in [1.82, 2.24) is 0 Å². The van der Waals surface area contributed by atoms with Gasteiger partial charge in [0.25, 0.3) is 0 Å². The monoisotopic (exact) mass is 260 g/mol. The summed E-state index contributed by atoms with van der Waals surface area (Å²) >= 11 is 1.77. The fraction of sp³-hybridized carbons (Fsp3) is 0.375. The minimum absolute atomic E-state index is 0.157. The third kappa shape index (κ3) is 4.63. The van der Waals surface area contributed by atoms with Crippen LogP contribution in [-0.2, 0) is 12.8 Å². The summed E-state index contributed by atoms with van der Waals surface area (Å²) in [7, 11) is 0. The normalized spacial score (nSPS) is 12.5. The highest BCUT2D eigenvalue weighted by Gasteiger charge is 2.05. The molecule has 0 saturated heterocycles. The van der Waals surface area contributed by atoms with Crippen molar-refractivity contribution in [1.29, 1.82) is 0 Å². The molecule has 2 aromatic rings. The van der Waals surface area contributed by atoms with Crippen LogP contribution < -0.4 is 0 Å². The van der Waals surface area contributed by atoms with Crippen LogP contribution in [0.5, 0.6) is 0 Å². The summed E-state index contributed by atoms with van der Waals surface area (Å²) in [6, 6.07) is 14.7. The first-order valence-electron chi connectivity index (χ1n) is 6.59. The van der Waals surface area contributed by atoms with Gasteiger partial charge in [0.15, 0.2) is 0 Å². The van der Waals surface area contributed by atoms with E-state index in [1.165, 1.54) is 10.4 Å². The molecule has 0 aliphatic rings. The van der Waals surface area contributed by atoms with E-state index in [2.05, 4.69) is 41.8 Å². The molecule has 1 aromatic carbocycles. The van der Waals surface area contributed by atoms with E-state index in [9.17, 15) is 5.11 Å². The summed E-state index contributed by atoms with van der Waals surface area (Å²) in [5, 5.41) is 12.0. The Morgan fingerprint density at radius 3 is 2.50 bits per heavy atom. The molecule has 0 aliphatic heterocycles. The molecule has 2 heteroatoms. The molecule has 1 unspecified atom stereocenters. The molecule has 1 nitrogen and oxygen atoms in total. The van der Waals surface area contributed by atoms with Gasteiger partial charge < -0.3 is 5.11 Å². The summed E-state index contributed by atoms with van der Waals surface area (Å²) < 4.78 is 0. The molecule has 1 aromatic heterocycles. The molecule has 18 heavy (non-hydrogen) atoms. The van der Waals surface area contributed by atoms with Crippen LogP contribution in [0.2, 0.25) is 0 Å². The van der Waals surface area contributed by atoms with Gasteiger partial charge in [-0.1, -0.05) is 36.4 Å². The minimum Gasteiger partial charge on any atom is -0.393 e. The van der Waals surface area contributed by atoms with Crippen LogP contribution in [-0.4, -0.2) is 11.2 Å². The largest absolute Gasteiger partial charge is 0.393 e. The Morgan fingerprint density at radius 2 is 1.78 bits per heavy atom. The van der Waals surface area contributed by atoms with Crippen LogP contribution in [0.25, 0.3) is 0 Å². The number of aryl methyl sites for hydroxylation is 2. The van der Waals surface area contributed by atoms with Crippen molar-refractivity contribution in [3.05, 3.63) is 58.3 Å². The van der Waals surface area contributed by atoms with E-state index in [-0.39, 0.29) is 6.10 Å². The molecular formula is C16H20OS. The second-order valence-electron chi connectivity index (χ2n) is 4.65. The van der Waals surface area contributed by atoms with Crippen LogP contribution in [0, 0.1) is 0 Å². The first-order chi connectivity index (χ1) is 8.84. The molecule has 96 valence electrons. The van der Waals surface area contributed by atoms with Crippen molar-refractivity contribution in [3.63, 3.8) is 0 Å². The third-order valence-corrected chi connectivity index (χ3v) is 4.09. The lowest BCUT2D eigenvalue weighted by molar-refractivity contribution is 0.152. The lowest BCUT2D eigenvalue weighted by Crippen LogP contribution is -2.07. The van der Waals surface area contributed by atoms with Crippen LogP contribution in [0.4, 0.5) is 0 Å². The van der Waals surface area contributed by atoms with Gasteiger partial charge in [0.1, 0.15) is 0 Å². The quantitative estimate of drug-likeness (QED) is 0.796. The number of benzene rings is 1. The van der Waals surface area contributed by atoms with Gasteiger partial charge in [-0.05, 0) is 49.1 Å². The fourth-order valence-corrected chi connectivity index (χ4v) is 2.82. The van der Waals surface area contributed by atoms with E-state index in [1.54, 1.807) is 11.3 Å². The zero-order chi connectivity index (χ0) is 12.6. The van der Waals surface area contributed by atoms with E-state index in [0.29, 0.717) is 0 Å². The third-order valence-electron chi connectivity index (χ3n) is 3.15. The Kier molecular flexibility index (Phi) is 5.43. The molecule has 2 rings (SSSR count). The summed E-state index contributed by atoms with van der Waals surface area (Å²) in [6.45, 7) is 0. The Bertz CT molecular complexity index is 422. The van der Waals surface area contributed by atoms with Crippen LogP contribution in [0.3, 0.4) is 0 Å². The van der Waals surface area contributed by atoms with Crippen molar-refractivity contribution >= 4 is 11.3 Å². The van der Waals surface area contributed by atoms with Gasteiger partial charge in [-0.25, -0.2) is 0 Å². The molecule has 1 atom stereocenters. The molecule has 0 aliphatic carbocycles. The second-order valence-corrected chi connectivity index (χ2v) is 5.68. The van der Waals surface area contributed by atoms with Gasteiger partial charge >= 0.3 is 0 Å². The summed E-state index contributed by atoms with van der Waals surface area (Å²) in [5.41, 5.74) is 1.36. The van der Waals surface area contributed by atoms with E-state index in [1.807, 2.05) is 6.07 Å². The number of hydrogen-bond acceptors (Lipinski definition) is 2. The SMILES string of the molecule is OC(CCCc1ccccc1)CCc1cccs1. The highest BCUT2D eigenvalue weighted by Crippen LogP contribution is 2.14. The van der Waals surface area contributed by atoms with Gasteiger partial charge in [0.2, 0.25) is 0 Å². The standard InChI is InChI=1S/C16H20OS/c17-15(11-12-16-10-5-13-18-16)9-4-8-14-6-2-1-3-7-14/h1-3,5-7,10,13,15,17H,4,8-9,11-12H2. The smallest absolute Gasteiger partial charge is 0.0543 e. The average molecular weight is 260 g/mol. The number of hydrogen-bond donors (Lipinski definition) is 1. The average Bonchev–Trinajstić information content (AvgIpc) is 2.91. The molecule has 0 amide bonds. The van der Waals surface area contributed by atoms with Crippen molar-refractivity contribution < 1.29 is 5.11 Å². The predicted molar refractivity (Wildman–Crippen MR) is 78.0 cm³/mol. The Morgan fingerprint density at radius 1 is 0.944 bits per heavy atom. The molecule has 0 fully saturated rings. The van der Waals surface area contributed by atoms with Crippen molar-refractivity contribution in [3.8, 4) is 0 Å². The van der Waals surface area contributed by atoms with Gasteiger partial charge in [0.05, 0.1) is 6.10 Å². The maximum atomic E-state index is 9.93. The van der Waals surface area contributed by atoms with Gasteiger partial charge in [0, 0.05) is 4.88 Å². The van der Waals surface area contributed by atoms with E-state index in [0.717, 1.165) is 32.1 Å². The number of thiophene rings is 1. The Balaban J connectivity index is 1.61. The summed E-state index contributed by atoms with van der Waals surface area (Å²) in [4.78, 5) is 1.37. The second kappa shape index (κ2) is 7.34. The zero-order valence-corrected chi connectivity index (χ0v) is 11.4. The number of aliphatic hydroxyl groups excluding tert-OH is 1. The predicted octanol–water partition coefficient (Wildman–Crippen LogP) is 4.06. The Hall–Kier alpha value is -1.12. The van der Waals surface area contributed by atoms with Crippen LogP contribution in [0.15, 0.2) is 47.8 Å². The topological polar surface area (TPSA) is 20.2 Å². The minimum atomic E-state index is -0.157. The number of aliphatic hydroxyl groups is 1. The molecular weight excluding hydrogens is 240 g/mol. The van der Waals surface area contributed by atoms with E-state index >= 15 is 0 Å². The summed E-state index contributed by atoms with van der Waals surface area (Å²) in [6.07, 6.45) is 4.77. The molecule has 0 radical (unpaired) electrons. The van der Waals surface area contributed by atoms with Crippen molar-refractivity contribution in [2.24, 2.45) is 0 Å². The highest BCUT2D eigenvalue weighted by molar-refractivity contribution is 7.09.